The van der Waals surface area contributed by atoms with E-state index in [2.05, 4.69) is 14.7 Å². The lowest BCUT2D eigenvalue weighted by atomic mass is 10.2. The molecule has 11 heteroatoms. The summed E-state index contributed by atoms with van der Waals surface area (Å²) in [6.45, 7) is 0. The number of anilines is 1. The predicted molar refractivity (Wildman–Crippen MR) is 115 cm³/mol. The highest BCUT2D eigenvalue weighted by Gasteiger charge is 2.19. The number of aryl methyl sites for hydroxylation is 1. The number of imidazole rings is 1. The van der Waals surface area contributed by atoms with Gasteiger partial charge in [0.25, 0.3) is 10.0 Å². The van der Waals surface area contributed by atoms with Gasteiger partial charge >= 0.3 is 0 Å². The predicted octanol–water partition coefficient (Wildman–Crippen LogP) is 3.72. The number of methoxy groups -OCH3 is 2. The minimum atomic E-state index is -4.03. The molecule has 0 atom stereocenters. The smallest absolute Gasteiger partial charge is 0.281 e. The first-order chi connectivity index (χ1) is 15.3. The number of benzene rings is 2. The van der Waals surface area contributed by atoms with Crippen LogP contribution in [0.4, 0.5) is 10.1 Å². The van der Waals surface area contributed by atoms with Gasteiger partial charge in [-0.25, -0.2) is 9.37 Å². The van der Waals surface area contributed by atoms with Crippen LogP contribution in [0.15, 0.2) is 60.1 Å². The molecule has 2 heterocycles. The number of rotatable bonds is 7. The highest BCUT2D eigenvalue weighted by molar-refractivity contribution is 7.92. The van der Waals surface area contributed by atoms with Crippen LogP contribution in [-0.2, 0) is 17.1 Å². The largest absolute Gasteiger partial charge is 0.493 e. The average Bonchev–Trinajstić information content (AvgIpc) is 3.22. The number of nitrogens with one attached hydrogen (secondary N) is 1. The monoisotopic (exact) mass is 458 g/mol. The fourth-order valence-corrected chi connectivity index (χ4v) is 4.08. The van der Waals surface area contributed by atoms with Crippen molar-refractivity contribution >= 4 is 26.6 Å². The summed E-state index contributed by atoms with van der Waals surface area (Å²) in [5, 5.41) is 0.415. The fourth-order valence-electron chi connectivity index (χ4n) is 3.03. The maximum atomic E-state index is 14.7. The van der Waals surface area contributed by atoms with Crippen molar-refractivity contribution in [3.8, 4) is 23.0 Å². The number of nitrogens with zero attached hydrogens (tertiary/aromatic N) is 3. The van der Waals surface area contributed by atoms with Gasteiger partial charge in [-0.2, -0.15) is 8.42 Å². The first-order valence-electron chi connectivity index (χ1n) is 9.29. The second kappa shape index (κ2) is 8.35. The van der Waals surface area contributed by atoms with E-state index in [1.54, 1.807) is 31.4 Å². The van der Waals surface area contributed by atoms with E-state index in [-0.39, 0.29) is 16.5 Å². The molecular formula is C21H19FN4O5S. The second-order valence-electron chi connectivity index (χ2n) is 6.76. The van der Waals surface area contributed by atoms with Gasteiger partial charge in [-0.15, -0.1) is 0 Å². The summed E-state index contributed by atoms with van der Waals surface area (Å²) < 4.78 is 59.6. The third-order valence-electron chi connectivity index (χ3n) is 4.58. The molecule has 0 spiro atoms. The van der Waals surface area contributed by atoms with E-state index in [1.807, 2.05) is 0 Å². The minimum Gasteiger partial charge on any atom is -0.493 e. The second-order valence-corrected chi connectivity index (χ2v) is 8.39. The highest BCUT2D eigenvalue weighted by atomic mass is 32.2. The Hall–Kier alpha value is -3.86. The van der Waals surface area contributed by atoms with Gasteiger partial charge in [-0.1, -0.05) is 0 Å². The molecule has 0 radical (unpaired) electrons. The summed E-state index contributed by atoms with van der Waals surface area (Å²) >= 11 is 0. The zero-order valence-electron chi connectivity index (χ0n) is 17.4. The van der Waals surface area contributed by atoms with Crippen molar-refractivity contribution < 1.29 is 27.0 Å². The van der Waals surface area contributed by atoms with Crippen LogP contribution in [-0.4, -0.2) is 37.2 Å². The molecule has 2 aromatic carbocycles. The van der Waals surface area contributed by atoms with Crippen LogP contribution in [0.1, 0.15) is 0 Å². The van der Waals surface area contributed by atoms with E-state index < -0.39 is 15.8 Å². The summed E-state index contributed by atoms with van der Waals surface area (Å²) in [5.41, 5.74) is 0.370. The third-order valence-corrected chi connectivity index (χ3v) is 5.83. The molecule has 0 unspecified atom stereocenters. The van der Waals surface area contributed by atoms with Gasteiger partial charge in [-0.05, 0) is 24.3 Å². The maximum Gasteiger partial charge on any atom is 0.281 e. The number of hydrogen-bond acceptors (Lipinski definition) is 7. The molecule has 0 saturated heterocycles. The Kier molecular flexibility index (Phi) is 5.57. The molecule has 0 saturated carbocycles. The van der Waals surface area contributed by atoms with Crippen LogP contribution in [0.5, 0.6) is 23.0 Å². The van der Waals surface area contributed by atoms with E-state index in [0.717, 1.165) is 6.07 Å². The molecule has 0 aliphatic rings. The first kappa shape index (κ1) is 21.4. The highest BCUT2D eigenvalue weighted by Crippen LogP contribution is 2.37. The van der Waals surface area contributed by atoms with Crippen molar-refractivity contribution in [2.24, 2.45) is 7.05 Å². The molecule has 9 nitrogen and oxygen atoms in total. The molecule has 2 aromatic heterocycles. The van der Waals surface area contributed by atoms with Crippen molar-refractivity contribution in [2.75, 3.05) is 18.9 Å². The Balaban J connectivity index is 1.62. The normalized spacial score (nSPS) is 11.4. The average molecular weight is 458 g/mol. The summed E-state index contributed by atoms with van der Waals surface area (Å²) in [5.74, 6) is 0.783. The Bertz CT molecular complexity index is 1400. The summed E-state index contributed by atoms with van der Waals surface area (Å²) in [7, 11) is 0.644. The van der Waals surface area contributed by atoms with Crippen LogP contribution < -0.4 is 18.9 Å². The van der Waals surface area contributed by atoms with Crippen LogP contribution >= 0.6 is 0 Å². The lowest BCUT2D eigenvalue weighted by Gasteiger charge is -2.13. The number of halogens is 1. The molecule has 32 heavy (non-hydrogen) atoms. The summed E-state index contributed by atoms with van der Waals surface area (Å²) in [6.07, 6.45) is 4.20. The molecule has 0 fully saturated rings. The zero-order valence-corrected chi connectivity index (χ0v) is 18.2. The molecule has 0 bridgehead atoms. The van der Waals surface area contributed by atoms with Crippen molar-refractivity contribution in [3.63, 3.8) is 0 Å². The lowest BCUT2D eigenvalue weighted by molar-refractivity contribution is 0.355. The van der Waals surface area contributed by atoms with E-state index in [9.17, 15) is 12.8 Å². The molecule has 0 aliphatic carbocycles. The SMILES string of the molecule is COc1cc2nccc(Oc3ccc(NS(=O)(=O)c4cn(C)cn4)c(F)c3)c2cc1OC. The van der Waals surface area contributed by atoms with E-state index in [4.69, 9.17) is 14.2 Å². The van der Waals surface area contributed by atoms with Crippen molar-refractivity contribution in [3.05, 3.63) is 60.9 Å². The van der Waals surface area contributed by atoms with Gasteiger partial charge in [0.1, 0.15) is 11.5 Å². The number of fused-ring (bicyclic) bond motifs is 1. The van der Waals surface area contributed by atoms with Gasteiger partial charge in [0.2, 0.25) is 0 Å². The van der Waals surface area contributed by atoms with E-state index in [0.29, 0.717) is 28.2 Å². The Morgan fingerprint density at radius 1 is 1.00 bits per heavy atom. The molecule has 0 amide bonds. The molecule has 4 rings (SSSR count). The maximum absolute atomic E-state index is 14.7. The third kappa shape index (κ3) is 4.14. The Morgan fingerprint density at radius 2 is 1.75 bits per heavy atom. The molecular weight excluding hydrogens is 439 g/mol. The number of pyridine rings is 1. The Morgan fingerprint density at radius 3 is 2.41 bits per heavy atom. The van der Waals surface area contributed by atoms with E-state index in [1.165, 1.54) is 43.4 Å². The van der Waals surface area contributed by atoms with E-state index >= 15 is 0 Å². The lowest BCUT2D eigenvalue weighted by Crippen LogP contribution is -2.14. The Labute approximate surface area is 183 Å². The molecule has 1 N–H and O–H groups in total. The van der Waals surface area contributed by atoms with Crippen LogP contribution in [0.2, 0.25) is 0 Å². The topological polar surface area (TPSA) is 105 Å². The number of hydrogen-bond donors (Lipinski definition) is 1. The quantitative estimate of drug-likeness (QED) is 0.450. The first-order valence-corrected chi connectivity index (χ1v) is 10.8. The zero-order chi connectivity index (χ0) is 22.9. The van der Waals surface area contributed by atoms with Crippen LogP contribution in [0.3, 0.4) is 0 Å². The number of ether oxygens (including phenoxy) is 3. The minimum absolute atomic E-state index is 0.172. The molecule has 166 valence electrons. The standard InChI is InChI=1S/C21H19FN4O5S/c1-26-11-21(24-12-26)32(27,28)25-16-5-4-13(8-15(16)22)31-18-6-7-23-17-10-20(30-3)19(29-2)9-14(17)18/h4-12,25H,1-3H3. The van der Waals surface area contributed by atoms with Crippen LogP contribution in [0.25, 0.3) is 10.9 Å². The van der Waals surface area contributed by atoms with Crippen molar-refractivity contribution in [1.29, 1.82) is 0 Å². The van der Waals surface area contributed by atoms with Crippen molar-refractivity contribution in [1.82, 2.24) is 14.5 Å². The van der Waals surface area contributed by atoms with Gasteiger partial charge in [-0.3, -0.25) is 9.71 Å². The van der Waals surface area contributed by atoms with Gasteiger partial charge < -0.3 is 18.8 Å². The summed E-state index contributed by atoms with van der Waals surface area (Å²) in [6, 6.07) is 8.86. The number of aromatic nitrogens is 3. The van der Waals surface area contributed by atoms with Gasteiger partial charge in [0, 0.05) is 37.0 Å². The van der Waals surface area contributed by atoms with Crippen LogP contribution in [0, 0.1) is 5.82 Å². The molecule has 0 aliphatic heterocycles. The summed E-state index contributed by atoms with van der Waals surface area (Å²) in [4.78, 5) is 8.08. The van der Waals surface area contributed by atoms with Gasteiger partial charge in [0.15, 0.2) is 22.3 Å². The fraction of sp³-hybridized carbons (Fsp3) is 0.143. The van der Waals surface area contributed by atoms with Gasteiger partial charge in [0.05, 0.1) is 31.8 Å². The van der Waals surface area contributed by atoms with Crippen molar-refractivity contribution in [2.45, 2.75) is 5.03 Å². The molecule has 4 aromatic rings. The number of sulfonamides is 1.